The zero-order valence-electron chi connectivity index (χ0n) is 11.6. The Kier molecular flexibility index (Phi) is 8.38. The molecule has 0 saturated carbocycles. The van der Waals surface area contributed by atoms with Crippen molar-refractivity contribution < 1.29 is 4.74 Å². The van der Waals surface area contributed by atoms with Gasteiger partial charge in [-0.2, -0.15) is 0 Å². The maximum absolute atomic E-state index is 5.37. The highest BCUT2D eigenvalue weighted by Crippen LogP contribution is 1.94. The third kappa shape index (κ3) is 6.69. The zero-order chi connectivity index (χ0) is 13.1. The molecule has 0 atom stereocenters. The van der Waals surface area contributed by atoms with Gasteiger partial charge in [-0.3, -0.25) is 4.98 Å². The summed E-state index contributed by atoms with van der Waals surface area (Å²) in [5.41, 5.74) is 1.23. The summed E-state index contributed by atoms with van der Waals surface area (Å²) in [6, 6.07) is 4.06. The van der Waals surface area contributed by atoms with Crippen molar-refractivity contribution in [1.29, 1.82) is 0 Å². The van der Waals surface area contributed by atoms with Gasteiger partial charge < -0.3 is 15.0 Å². The molecule has 4 nitrogen and oxygen atoms in total. The minimum absolute atomic E-state index is 0.802. The lowest BCUT2D eigenvalue weighted by molar-refractivity contribution is 0.115. The molecule has 0 aliphatic heterocycles. The standard InChI is InChI=1S/C14H25N3O/c1-3-17(10-11-18-4-2)9-8-16-13-14-6-5-7-15-12-14/h5-7,12,16H,3-4,8-11,13H2,1-2H3. The van der Waals surface area contributed by atoms with E-state index in [9.17, 15) is 0 Å². The largest absolute Gasteiger partial charge is 0.380 e. The van der Waals surface area contributed by atoms with E-state index in [0.29, 0.717) is 0 Å². The fraction of sp³-hybridized carbons (Fsp3) is 0.643. The smallest absolute Gasteiger partial charge is 0.0593 e. The van der Waals surface area contributed by atoms with Crippen LogP contribution >= 0.6 is 0 Å². The van der Waals surface area contributed by atoms with Crippen molar-refractivity contribution in [3.05, 3.63) is 30.1 Å². The van der Waals surface area contributed by atoms with Crippen molar-refractivity contribution in [2.45, 2.75) is 20.4 Å². The molecule has 0 spiro atoms. The van der Waals surface area contributed by atoms with Crippen LogP contribution in [0.2, 0.25) is 0 Å². The molecule has 0 amide bonds. The lowest BCUT2D eigenvalue weighted by Crippen LogP contribution is -2.34. The number of nitrogens with one attached hydrogen (secondary N) is 1. The SMILES string of the molecule is CCOCCN(CC)CCNCc1cccnc1. The lowest BCUT2D eigenvalue weighted by Gasteiger charge is -2.20. The summed E-state index contributed by atoms with van der Waals surface area (Å²) in [7, 11) is 0. The van der Waals surface area contributed by atoms with Crippen molar-refractivity contribution >= 4 is 0 Å². The maximum Gasteiger partial charge on any atom is 0.0593 e. The fourth-order valence-corrected chi connectivity index (χ4v) is 1.74. The van der Waals surface area contributed by atoms with E-state index in [1.807, 2.05) is 19.2 Å². The van der Waals surface area contributed by atoms with Gasteiger partial charge >= 0.3 is 0 Å². The monoisotopic (exact) mass is 251 g/mol. The number of likely N-dealkylation sites (N-methyl/N-ethyl adjacent to an activating group) is 1. The van der Waals surface area contributed by atoms with E-state index in [2.05, 4.69) is 28.2 Å². The van der Waals surface area contributed by atoms with Gasteiger partial charge in [-0.05, 0) is 25.1 Å². The van der Waals surface area contributed by atoms with E-state index in [-0.39, 0.29) is 0 Å². The molecular formula is C14H25N3O. The Hall–Kier alpha value is -0.970. The predicted octanol–water partition coefficient (Wildman–Crippen LogP) is 1.53. The van der Waals surface area contributed by atoms with E-state index in [1.165, 1.54) is 5.56 Å². The number of pyridine rings is 1. The first-order valence-corrected chi connectivity index (χ1v) is 6.76. The molecule has 102 valence electrons. The van der Waals surface area contributed by atoms with Crippen LogP contribution in [0, 0.1) is 0 Å². The first-order valence-electron chi connectivity index (χ1n) is 6.76. The molecular weight excluding hydrogens is 226 g/mol. The second-order valence-electron chi connectivity index (χ2n) is 4.17. The lowest BCUT2D eigenvalue weighted by atomic mass is 10.3. The van der Waals surface area contributed by atoms with Crippen molar-refractivity contribution in [3.8, 4) is 0 Å². The molecule has 1 N–H and O–H groups in total. The molecule has 0 aliphatic rings. The Morgan fingerprint density at radius 1 is 1.33 bits per heavy atom. The Bertz CT molecular complexity index is 292. The third-order valence-corrected chi connectivity index (χ3v) is 2.86. The van der Waals surface area contributed by atoms with Gasteiger partial charge in [0.15, 0.2) is 0 Å². The van der Waals surface area contributed by atoms with Gasteiger partial charge in [-0.25, -0.2) is 0 Å². The van der Waals surface area contributed by atoms with Crippen LogP contribution in [0.1, 0.15) is 19.4 Å². The molecule has 18 heavy (non-hydrogen) atoms. The number of rotatable bonds is 10. The van der Waals surface area contributed by atoms with E-state index >= 15 is 0 Å². The zero-order valence-corrected chi connectivity index (χ0v) is 11.6. The molecule has 1 aromatic rings. The minimum Gasteiger partial charge on any atom is -0.380 e. The fourth-order valence-electron chi connectivity index (χ4n) is 1.74. The molecule has 1 aromatic heterocycles. The maximum atomic E-state index is 5.37. The Labute approximate surface area is 110 Å². The van der Waals surface area contributed by atoms with Crippen molar-refractivity contribution in [1.82, 2.24) is 15.2 Å². The molecule has 0 radical (unpaired) electrons. The van der Waals surface area contributed by atoms with Crippen molar-refractivity contribution in [2.24, 2.45) is 0 Å². The molecule has 1 heterocycles. The van der Waals surface area contributed by atoms with Gasteiger partial charge in [-0.1, -0.05) is 13.0 Å². The van der Waals surface area contributed by atoms with E-state index in [4.69, 9.17) is 4.74 Å². The van der Waals surface area contributed by atoms with Crippen LogP contribution in [0.25, 0.3) is 0 Å². The number of ether oxygens (including phenoxy) is 1. The summed E-state index contributed by atoms with van der Waals surface area (Å²) < 4.78 is 5.37. The third-order valence-electron chi connectivity index (χ3n) is 2.86. The number of aromatic nitrogens is 1. The Balaban J connectivity index is 2.08. The van der Waals surface area contributed by atoms with Gasteiger partial charge in [0.2, 0.25) is 0 Å². The van der Waals surface area contributed by atoms with E-state index in [1.54, 1.807) is 6.20 Å². The highest BCUT2D eigenvalue weighted by atomic mass is 16.5. The molecule has 0 saturated heterocycles. The molecule has 0 unspecified atom stereocenters. The average molecular weight is 251 g/mol. The topological polar surface area (TPSA) is 37.4 Å². The summed E-state index contributed by atoms with van der Waals surface area (Å²) in [5.74, 6) is 0. The summed E-state index contributed by atoms with van der Waals surface area (Å²) >= 11 is 0. The summed E-state index contributed by atoms with van der Waals surface area (Å²) in [6.45, 7) is 10.9. The normalized spacial score (nSPS) is 11.1. The van der Waals surface area contributed by atoms with Crippen molar-refractivity contribution in [3.63, 3.8) is 0 Å². The number of hydrogen-bond acceptors (Lipinski definition) is 4. The van der Waals surface area contributed by atoms with Gasteiger partial charge in [0.1, 0.15) is 0 Å². The first kappa shape index (κ1) is 15.1. The van der Waals surface area contributed by atoms with Gasteiger partial charge in [-0.15, -0.1) is 0 Å². The van der Waals surface area contributed by atoms with Crippen molar-refractivity contribution in [2.75, 3.05) is 39.4 Å². The summed E-state index contributed by atoms with van der Waals surface area (Å²) in [4.78, 5) is 6.49. The van der Waals surface area contributed by atoms with Gasteiger partial charge in [0, 0.05) is 45.2 Å². The minimum atomic E-state index is 0.802. The average Bonchev–Trinajstić information content (AvgIpc) is 2.43. The predicted molar refractivity (Wildman–Crippen MR) is 74.6 cm³/mol. The second-order valence-corrected chi connectivity index (χ2v) is 4.17. The molecule has 0 fully saturated rings. The summed E-state index contributed by atoms with van der Waals surface area (Å²) in [6.07, 6.45) is 3.70. The molecule has 1 rings (SSSR count). The van der Waals surface area contributed by atoms with Crippen LogP contribution in [-0.2, 0) is 11.3 Å². The van der Waals surface area contributed by atoms with Crippen LogP contribution in [0.4, 0.5) is 0 Å². The highest BCUT2D eigenvalue weighted by Gasteiger charge is 2.01. The molecule has 0 aromatic carbocycles. The Morgan fingerprint density at radius 3 is 2.89 bits per heavy atom. The quantitative estimate of drug-likeness (QED) is 0.640. The number of hydrogen-bond donors (Lipinski definition) is 1. The summed E-state index contributed by atoms with van der Waals surface area (Å²) in [5, 5.41) is 3.43. The second kappa shape index (κ2) is 10.00. The first-order chi connectivity index (χ1) is 8.86. The highest BCUT2D eigenvalue weighted by molar-refractivity contribution is 5.07. The van der Waals surface area contributed by atoms with Crippen LogP contribution in [0.5, 0.6) is 0 Å². The molecule has 4 heteroatoms. The van der Waals surface area contributed by atoms with Crippen LogP contribution in [0.15, 0.2) is 24.5 Å². The van der Waals surface area contributed by atoms with Crippen LogP contribution in [-0.4, -0.2) is 49.3 Å². The molecule has 0 aliphatic carbocycles. The Morgan fingerprint density at radius 2 is 2.22 bits per heavy atom. The van der Waals surface area contributed by atoms with E-state index in [0.717, 1.165) is 45.9 Å². The van der Waals surface area contributed by atoms with Gasteiger partial charge in [0.05, 0.1) is 6.61 Å². The van der Waals surface area contributed by atoms with Gasteiger partial charge in [0.25, 0.3) is 0 Å². The van der Waals surface area contributed by atoms with E-state index < -0.39 is 0 Å². The molecule has 0 bridgehead atoms. The van der Waals surface area contributed by atoms with Crippen LogP contribution < -0.4 is 5.32 Å². The number of nitrogens with zero attached hydrogens (tertiary/aromatic N) is 2. The van der Waals surface area contributed by atoms with Crippen LogP contribution in [0.3, 0.4) is 0 Å².